The van der Waals surface area contributed by atoms with Gasteiger partial charge in [-0.2, -0.15) is 0 Å². The lowest BCUT2D eigenvalue weighted by atomic mass is 10.0. The molecule has 2 rings (SSSR count). The molecule has 0 aromatic heterocycles. The van der Waals surface area contributed by atoms with Crippen molar-refractivity contribution in [1.82, 2.24) is 10.6 Å². The summed E-state index contributed by atoms with van der Waals surface area (Å²) in [5, 5.41) is 6.60. The molecule has 6 nitrogen and oxygen atoms in total. The molecule has 1 aromatic rings. The maximum atomic E-state index is 5.85. The van der Waals surface area contributed by atoms with Crippen LogP contribution in [0.1, 0.15) is 26.2 Å². The first-order chi connectivity index (χ1) is 12.8. The number of rotatable bonds is 10. The van der Waals surface area contributed by atoms with E-state index in [1.165, 1.54) is 0 Å². The van der Waals surface area contributed by atoms with Crippen molar-refractivity contribution >= 4 is 5.96 Å². The third-order valence-electron chi connectivity index (χ3n) is 4.31. The Kier molecular flexibility index (Phi) is 9.90. The minimum atomic E-state index is 0.0544. The van der Waals surface area contributed by atoms with E-state index in [-0.39, 0.29) is 6.10 Å². The summed E-state index contributed by atoms with van der Waals surface area (Å²) in [5.74, 6) is 2.33. The Bertz CT molecular complexity index is 504. The van der Waals surface area contributed by atoms with Crippen LogP contribution in [0.5, 0.6) is 5.75 Å². The molecule has 26 heavy (non-hydrogen) atoms. The van der Waals surface area contributed by atoms with Gasteiger partial charge in [0.15, 0.2) is 5.96 Å². The molecule has 1 aliphatic heterocycles. The van der Waals surface area contributed by atoms with Crippen LogP contribution in [0, 0.1) is 5.92 Å². The Morgan fingerprint density at radius 1 is 1.23 bits per heavy atom. The largest absolute Gasteiger partial charge is 0.489 e. The van der Waals surface area contributed by atoms with E-state index in [1.54, 1.807) is 7.05 Å². The molecular formula is C20H33N3O3. The van der Waals surface area contributed by atoms with Gasteiger partial charge in [-0.25, -0.2) is 0 Å². The first-order valence-electron chi connectivity index (χ1n) is 9.59. The van der Waals surface area contributed by atoms with Crippen LogP contribution in [0.15, 0.2) is 35.3 Å². The highest BCUT2D eigenvalue weighted by atomic mass is 16.5. The molecule has 1 unspecified atom stereocenters. The van der Waals surface area contributed by atoms with Crippen molar-refractivity contribution in [2.75, 3.05) is 46.6 Å². The molecular weight excluding hydrogens is 330 g/mol. The van der Waals surface area contributed by atoms with Crippen LogP contribution in [0.25, 0.3) is 0 Å². The quantitative estimate of drug-likeness (QED) is 0.380. The predicted octanol–water partition coefficient (Wildman–Crippen LogP) is 2.45. The number of nitrogens with zero attached hydrogens (tertiary/aromatic N) is 1. The third-order valence-corrected chi connectivity index (χ3v) is 4.31. The Morgan fingerprint density at radius 2 is 2.00 bits per heavy atom. The van der Waals surface area contributed by atoms with Crippen LogP contribution >= 0.6 is 0 Å². The van der Waals surface area contributed by atoms with Gasteiger partial charge >= 0.3 is 0 Å². The molecule has 1 aliphatic rings. The molecule has 0 aliphatic carbocycles. The number of para-hydroxylation sites is 1. The van der Waals surface area contributed by atoms with Gasteiger partial charge in [-0.3, -0.25) is 4.99 Å². The number of hydrogen-bond donors (Lipinski definition) is 2. The van der Waals surface area contributed by atoms with Crippen molar-refractivity contribution in [3.63, 3.8) is 0 Å². The fourth-order valence-electron chi connectivity index (χ4n) is 2.78. The average molecular weight is 364 g/mol. The standard InChI is InChI=1S/C20H33N3O3/c1-17(26-19-7-4-3-5-8-19)15-23-20(21-2)22-11-6-12-25-16-18-9-13-24-14-10-18/h3-5,7-8,17-18H,6,9-16H2,1-2H3,(H2,21,22,23). The lowest BCUT2D eigenvalue weighted by molar-refractivity contribution is 0.0203. The highest BCUT2D eigenvalue weighted by molar-refractivity contribution is 5.79. The van der Waals surface area contributed by atoms with Gasteiger partial charge < -0.3 is 24.8 Å². The first kappa shape index (κ1) is 20.5. The first-order valence-corrected chi connectivity index (χ1v) is 9.59. The highest BCUT2D eigenvalue weighted by Gasteiger charge is 2.13. The van der Waals surface area contributed by atoms with Crippen molar-refractivity contribution in [1.29, 1.82) is 0 Å². The van der Waals surface area contributed by atoms with Crippen LogP contribution < -0.4 is 15.4 Å². The summed E-state index contributed by atoms with van der Waals surface area (Å²) in [4.78, 5) is 4.24. The number of nitrogens with one attached hydrogen (secondary N) is 2. The SMILES string of the molecule is CN=C(NCCCOCC1CCOCC1)NCC(C)Oc1ccccc1. The van der Waals surface area contributed by atoms with E-state index in [0.29, 0.717) is 12.5 Å². The second-order valence-corrected chi connectivity index (χ2v) is 6.61. The van der Waals surface area contributed by atoms with Crippen molar-refractivity contribution < 1.29 is 14.2 Å². The number of hydrogen-bond acceptors (Lipinski definition) is 4. The second-order valence-electron chi connectivity index (χ2n) is 6.61. The molecule has 1 saturated heterocycles. The van der Waals surface area contributed by atoms with Crippen LogP contribution in [0.2, 0.25) is 0 Å². The van der Waals surface area contributed by atoms with Gasteiger partial charge in [0.2, 0.25) is 0 Å². The Balaban J connectivity index is 1.50. The van der Waals surface area contributed by atoms with Crippen LogP contribution in [-0.2, 0) is 9.47 Å². The molecule has 2 N–H and O–H groups in total. The molecule has 0 radical (unpaired) electrons. The highest BCUT2D eigenvalue weighted by Crippen LogP contribution is 2.14. The Labute approximate surface area is 157 Å². The monoisotopic (exact) mass is 363 g/mol. The molecule has 0 amide bonds. The van der Waals surface area contributed by atoms with Crippen molar-refractivity contribution in [3.05, 3.63) is 30.3 Å². The molecule has 1 heterocycles. The summed E-state index contributed by atoms with van der Waals surface area (Å²) in [6.07, 6.45) is 3.26. The second kappa shape index (κ2) is 12.5. The Morgan fingerprint density at radius 3 is 2.73 bits per heavy atom. The molecule has 0 spiro atoms. The van der Waals surface area contributed by atoms with Crippen LogP contribution in [0.4, 0.5) is 0 Å². The van der Waals surface area contributed by atoms with E-state index in [4.69, 9.17) is 14.2 Å². The minimum absolute atomic E-state index is 0.0544. The number of guanidine groups is 1. The molecule has 6 heteroatoms. The fourth-order valence-corrected chi connectivity index (χ4v) is 2.78. The van der Waals surface area contributed by atoms with Gasteiger partial charge in [-0.15, -0.1) is 0 Å². The predicted molar refractivity (Wildman–Crippen MR) is 105 cm³/mol. The summed E-state index contributed by atoms with van der Waals surface area (Å²) in [7, 11) is 1.78. The zero-order valence-electron chi connectivity index (χ0n) is 16.1. The number of benzene rings is 1. The third kappa shape index (κ3) is 8.54. The Hall–Kier alpha value is -1.79. The van der Waals surface area contributed by atoms with E-state index in [2.05, 4.69) is 15.6 Å². The molecule has 0 saturated carbocycles. The van der Waals surface area contributed by atoms with Gasteiger partial charge in [-0.05, 0) is 44.2 Å². The number of aliphatic imine (C=N–C) groups is 1. The smallest absolute Gasteiger partial charge is 0.191 e. The average Bonchev–Trinajstić information content (AvgIpc) is 2.68. The van der Waals surface area contributed by atoms with E-state index >= 15 is 0 Å². The lowest BCUT2D eigenvalue weighted by Crippen LogP contribution is -2.42. The molecule has 1 fully saturated rings. The molecule has 1 atom stereocenters. The molecule has 146 valence electrons. The van der Waals surface area contributed by atoms with Gasteiger partial charge in [0.25, 0.3) is 0 Å². The van der Waals surface area contributed by atoms with E-state index < -0.39 is 0 Å². The molecule has 0 bridgehead atoms. The maximum Gasteiger partial charge on any atom is 0.191 e. The van der Waals surface area contributed by atoms with Crippen molar-refractivity contribution in [2.24, 2.45) is 10.9 Å². The van der Waals surface area contributed by atoms with Gasteiger partial charge in [-0.1, -0.05) is 18.2 Å². The van der Waals surface area contributed by atoms with Gasteiger partial charge in [0.1, 0.15) is 11.9 Å². The lowest BCUT2D eigenvalue weighted by Gasteiger charge is -2.21. The van der Waals surface area contributed by atoms with Crippen molar-refractivity contribution in [2.45, 2.75) is 32.3 Å². The van der Waals surface area contributed by atoms with Crippen LogP contribution in [0.3, 0.4) is 0 Å². The fraction of sp³-hybridized carbons (Fsp3) is 0.650. The maximum absolute atomic E-state index is 5.85. The van der Waals surface area contributed by atoms with Crippen molar-refractivity contribution in [3.8, 4) is 5.75 Å². The summed E-state index contributed by atoms with van der Waals surface area (Å²) < 4.78 is 17.0. The minimum Gasteiger partial charge on any atom is -0.489 e. The topological polar surface area (TPSA) is 64.1 Å². The zero-order valence-corrected chi connectivity index (χ0v) is 16.1. The van der Waals surface area contributed by atoms with Gasteiger partial charge in [0.05, 0.1) is 6.54 Å². The summed E-state index contributed by atoms with van der Waals surface area (Å²) in [6, 6.07) is 9.85. The summed E-state index contributed by atoms with van der Waals surface area (Å²) in [6.45, 7) is 6.95. The normalized spacial score (nSPS) is 16.9. The van der Waals surface area contributed by atoms with Crippen LogP contribution in [-0.4, -0.2) is 58.6 Å². The number of ether oxygens (including phenoxy) is 3. The summed E-state index contributed by atoms with van der Waals surface area (Å²) in [5.41, 5.74) is 0. The zero-order chi connectivity index (χ0) is 18.5. The summed E-state index contributed by atoms with van der Waals surface area (Å²) >= 11 is 0. The van der Waals surface area contributed by atoms with E-state index in [1.807, 2.05) is 37.3 Å². The van der Waals surface area contributed by atoms with Gasteiger partial charge in [0, 0.05) is 40.0 Å². The van der Waals surface area contributed by atoms with E-state index in [9.17, 15) is 0 Å². The van der Waals surface area contributed by atoms with E-state index in [0.717, 1.165) is 63.9 Å². The molecule has 1 aromatic carbocycles.